The monoisotopic (exact) mass is 467 g/mol. The Kier molecular flexibility index (Phi) is 5.70. The fraction of sp³-hybridized carbons (Fsp3) is 0.320. The van der Waals surface area contributed by atoms with E-state index < -0.39 is 17.8 Å². The van der Waals surface area contributed by atoms with Crippen molar-refractivity contribution in [1.29, 1.82) is 0 Å². The molecule has 2 heterocycles. The number of barbiturate groups is 1. The van der Waals surface area contributed by atoms with Crippen molar-refractivity contribution in [2.45, 2.75) is 38.6 Å². The quantitative estimate of drug-likeness (QED) is 0.521. The zero-order valence-electron chi connectivity index (χ0n) is 19.2. The van der Waals surface area contributed by atoms with Crippen LogP contribution in [0.3, 0.4) is 0 Å². The highest BCUT2D eigenvalue weighted by atomic mass is 35.5. The molecule has 2 aromatic carbocycles. The summed E-state index contributed by atoms with van der Waals surface area (Å²) < 4.78 is 5.13. The van der Waals surface area contributed by atoms with Crippen molar-refractivity contribution >= 4 is 46.9 Å². The van der Waals surface area contributed by atoms with Crippen molar-refractivity contribution in [1.82, 2.24) is 5.32 Å². The summed E-state index contributed by atoms with van der Waals surface area (Å²) in [5.41, 5.74) is 2.82. The maximum atomic E-state index is 13.2. The van der Waals surface area contributed by atoms with E-state index in [-0.39, 0.29) is 17.0 Å². The van der Waals surface area contributed by atoms with Gasteiger partial charge in [0.05, 0.1) is 12.8 Å². The first-order valence-electron chi connectivity index (χ1n) is 10.7. The van der Waals surface area contributed by atoms with Gasteiger partial charge in [-0.3, -0.25) is 14.9 Å². The summed E-state index contributed by atoms with van der Waals surface area (Å²) in [6.45, 7) is 6.53. The molecule has 1 fully saturated rings. The number of urea groups is 1. The molecule has 4 amide bonds. The molecule has 1 saturated heterocycles. The molecule has 0 aliphatic carbocycles. The molecule has 0 spiro atoms. The zero-order valence-corrected chi connectivity index (χ0v) is 20.0. The molecule has 172 valence electrons. The highest BCUT2D eigenvalue weighted by molar-refractivity contribution is 6.40. The second kappa shape index (κ2) is 8.23. The van der Waals surface area contributed by atoms with Crippen molar-refractivity contribution < 1.29 is 19.1 Å². The van der Waals surface area contributed by atoms with Gasteiger partial charge in [-0.05, 0) is 79.8 Å². The van der Waals surface area contributed by atoms with Gasteiger partial charge in [-0.1, -0.05) is 18.5 Å². The number of benzene rings is 2. The second-order valence-electron chi connectivity index (χ2n) is 9.07. The van der Waals surface area contributed by atoms with E-state index in [1.54, 1.807) is 24.3 Å². The number of rotatable bonds is 3. The van der Waals surface area contributed by atoms with E-state index in [0.29, 0.717) is 22.0 Å². The molecule has 1 N–H and O–H groups in total. The van der Waals surface area contributed by atoms with Gasteiger partial charge in [0, 0.05) is 23.3 Å². The minimum absolute atomic E-state index is 0.0197. The Morgan fingerprint density at radius 2 is 1.82 bits per heavy atom. The molecule has 1 atom stereocenters. The number of hydrogen-bond acceptors (Lipinski definition) is 5. The summed E-state index contributed by atoms with van der Waals surface area (Å²) in [6, 6.07) is 9.42. The summed E-state index contributed by atoms with van der Waals surface area (Å²) in [5.74, 6) is -0.615. The Bertz CT molecular complexity index is 1190. The number of nitrogens with zero attached hydrogens (tertiary/aromatic N) is 2. The largest absolute Gasteiger partial charge is 0.497 e. The van der Waals surface area contributed by atoms with Gasteiger partial charge in [-0.15, -0.1) is 0 Å². The number of amides is 4. The van der Waals surface area contributed by atoms with Crippen molar-refractivity contribution in [3.63, 3.8) is 0 Å². The lowest BCUT2D eigenvalue weighted by Gasteiger charge is -2.45. The summed E-state index contributed by atoms with van der Waals surface area (Å²) >= 11 is 6.59. The Morgan fingerprint density at radius 1 is 1.15 bits per heavy atom. The van der Waals surface area contributed by atoms with Crippen LogP contribution in [-0.4, -0.2) is 37.5 Å². The number of ether oxygens (including phenoxy) is 1. The SMILES string of the molecule is COc1ccc(N2C(=O)NC(=O)/C(=C\c3cc4c(cc3Cl)N(C)C(C)(C)CC4C)C2=O)cc1. The highest BCUT2D eigenvalue weighted by Gasteiger charge is 2.38. The summed E-state index contributed by atoms with van der Waals surface area (Å²) in [4.78, 5) is 41.4. The van der Waals surface area contributed by atoms with Gasteiger partial charge in [0.25, 0.3) is 11.8 Å². The van der Waals surface area contributed by atoms with E-state index in [1.807, 2.05) is 19.2 Å². The second-order valence-corrected chi connectivity index (χ2v) is 9.47. The van der Waals surface area contributed by atoms with Gasteiger partial charge >= 0.3 is 6.03 Å². The number of nitrogens with one attached hydrogen (secondary N) is 1. The molecule has 0 aromatic heterocycles. The van der Waals surface area contributed by atoms with Gasteiger partial charge in [0.2, 0.25) is 0 Å². The molecule has 33 heavy (non-hydrogen) atoms. The molecule has 4 rings (SSSR count). The molecule has 7 nitrogen and oxygen atoms in total. The number of methoxy groups -OCH3 is 1. The Balaban J connectivity index is 1.75. The van der Waals surface area contributed by atoms with Crippen molar-refractivity contribution in [3.05, 3.63) is 58.1 Å². The molecule has 0 bridgehead atoms. The Morgan fingerprint density at radius 3 is 2.45 bits per heavy atom. The summed E-state index contributed by atoms with van der Waals surface area (Å²) in [7, 11) is 3.56. The van der Waals surface area contributed by atoms with Crippen LogP contribution in [0.1, 0.15) is 44.2 Å². The average Bonchev–Trinajstić information content (AvgIpc) is 2.75. The first-order valence-corrected chi connectivity index (χ1v) is 11.0. The summed E-state index contributed by atoms with van der Waals surface area (Å²) in [6.07, 6.45) is 2.41. The topological polar surface area (TPSA) is 79.0 Å². The van der Waals surface area contributed by atoms with Gasteiger partial charge in [-0.25, -0.2) is 9.69 Å². The van der Waals surface area contributed by atoms with E-state index in [2.05, 4.69) is 31.0 Å². The van der Waals surface area contributed by atoms with Crippen LogP contribution < -0.4 is 19.9 Å². The number of anilines is 2. The summed E-state index contributed by atoms with van der Waals surface area (Å²) in [5, 5.41) is 2.66. The molecule has 2 aromatic rings. The van der Waals surface area contributed by atoms with E-state index in [1.165, 1.54) is 13.2 Å². The number of imide groups is 2. The fourth-order valence-corrected chi connectivity index (χ4v) is 4.71. The van der Waals surface area contributed by atoms with Crippen LogP contribution >= 0.6 is 11.6 Å². The van der Waals surface area contributed by atoms with Crippen molar-refractivity contribution in [2.75, 3.05) is 24.0 Å². The highest BCUT2D eigenvalue weighted by Crippen LogP contribution is 2.44. The molecule has 0 radical (unpaired) electrons. The number of fused-ring (bicyclic) bond motifs is 1. The first-order chi connectivity index (χ1) is 15.5. The number of halogens is 1. The van der Waals surface area contributed by atoms with E-state index >= 15 is 0 Å². The average molecular weight is 468 g/mol. The van der Waals surface area contributed by atoms with Crippen LogP contribution in [-0.2, 0) is 9.59 Å². The van der Waals surface area contributed by atoms with E-state index in [9.17, 15) is 14.4 Å². The number of carbonyl (C=O) groups excluding carboxylic acids is 3. The molecular weight excluding hydrogens is 442 g/mol. The maximum absolute atomic E-state index is 13.2. The predicted octanol–water partition coefficient (Wildman–Crippen LogP) is 4.74. The molecule has 1 unspecified atom stereocenters. The van der Waals surface area contributed by atoms with Crippen LogP contribution in [0.15, 0.2) is 42.0 Å². The normalized spacial score (nSPS) is 21.2. The lowest BCUT2D eigenvalue weighted by Crippen LogP contribution is -2.54. The Hall–Kier alpha value is -3.32. The van der Waals surface area contributed by atoms with Crippen LogP contribution in [0.4, 0.5) is 16.2 Å². The molecule has 8 heteroatoms. The lowest BCUT2D eigenvalue weighted by molar-refractivity contribution is -0.122. The minimum Gasteiger partial charge on any atom is -0.497 e. The number of carbonyl (C=O) groups is 3. The maximum Gasteiger partial charge on any atom is 0.335 e. The van der Waals surface area contributed by atoms with Gasteiger partial charge in [-0.2, -0.15) is 0 Å². The van der Waals surface area contributed by atoms with Crippen LogP contribution in [0.2, 0.25) is 5.02 Å². The molecule has 2 aliphatic heterocycles. The zero-order chi connectivity index (χ0) is 24.1. The smallest absolute Gasteiger partial charge is 0.335 e. The fourth-order valence-electron chi connectivity index (χ4n) is 4.49. The standard InChI is InChI=1S/C25H26ClN3O4/c1-14-13-25(2,3)28(4)21-12-20(26)15(10-18(14)21)11-19-22(30)27-24(32)29(23(19)31)16-6-8-17(33-5)9-7-16/h6-12,14H,13H2,1-5H3,(H,27,30,32)/b19-11+. The third-order valence-corrected chi connectivity index (χ3v) is 6.81. The van der Waals surface area contributed by atoms with Gasteiger partial charge in [0.1, 0.15) is 11.3 Å². The predicted molar refractivity (Wildman–Crippen MR) is 129 cm³/mol. The molecule has 0 saturated carbocycles. The van der Waals surface area contributed by atoms with E-state index in [4.69, 9.17) is 16.3 Å². The van der Waals surface area contributed by atoms with Crippen LogP contribution in [0, 0.1) is 0 Å². The minimum atomic E-state index is -0.804. The van der Waals surface area contributed by atoms with Crippen LogP contribution in [0.25, 0.3) is 6.08 Å². The molecular formula is C25H26ClN3O4. The van der Waals surface area contributed by atoms with E-state index in [0.717, 1.165) is 22.6 Å². The first kappa shape index (κ1) is 22.9. The third-order valence-electron chi connectivity index (χ3n) is 6.48. The van der Waals surface area contributed by atoms with Crippen molar-refractivity contribution in [2.24, 2.45) is 0 Å². The Labute approximate surface area is 198 Å². The van der Waals surface area contributed by atoms with Gasteiger partial charge in [0.15, 0.2) is 0 Å². The van der Waals surface area contributed by atoms with Crippen LogP contribution in [0.5, 0.6) is 5.75 Å². The number of hydrogen-bond donors (Lipinski definition) is 1. The third kappa shape index (κ3) is 3.97. The lowest BCUT2D eigenvalue weighted by atomic mass is 9.80. The van der Waals surface area contributed by atoms with Gasteiger partial charge < -0.3 is 9.64 Å². The van der Waals surface area contributed by atoms with Crippen molar-refractivity contribution in [3.8, 4) is 5.75 Å². The molecule has 2 aliphatic rings.